The molecule has 0 amide bonds. The van der Waals surface area contributed by atoms with Crippen molar-refractivity contribution >= 4 is 5.97 Å². The number of hydrogen-bond donors (Lipinski definition) is 0. The van der Waals surface area contributed by atoms with Crippen LogP contribution in [0.3, 0.4) is 0 Å². The Morgan fingerprint density at radius 2 is 1.94 bits per heavy atom. The summed E-state index contributed by atoms with van der Waals surface area (Å²) in [5.74, 6) is -0.809. The summed E-state index contributed by atoms with van der Waals surface area (Å²) >= 11 is 0. The Labute approximate surface area is 108 Å². The van der Waals surface area contributed by atoms with Gasteiger partial charge in [0.25, 0.3) is 0 Å². The molecule has 0 aliphatic carbocycles. The topological polar surface area (TPSA) is 26.3 Å². The highest BCUT2D eigenvalue weighted by Gasteiger charge is 2.09. The standard InChI is InChI=1S/C15H21FO2/c1-3-4-5-6-7-8-12-9-10-13(11-14(12)16)15(17)18-2/h9-11H,3-8H2,1-2H3. The maximum atomic E-state index is 13.7. The van der Waals surface area contributed by atoms with E-state index in [1.807, 2.05) is 0 Å². The Kier molecular flexibility index (Phi) is 6.40. The number of methoxy groups -OCH3 is 1. The van der Waals surface area contributed by atoms with Crippen LogP contribution in [0.5, 0.6) is 0 Å². The fourth-order valence-corrected chi connectivity index (χ4v) is 1.91. The van der Waals surface area contributed by atoms with Crippen LogP contribution in [0.4, 0.5) is 4.39 Å². The Hall–Kier alpha value is -1.38. The van der Waals surface area contributed by atoms with Gasteiger partial charge in [-0.15, -0.1) is 0 Å². The minimum Gasteiger partial charge on any atom is -0.465 e. The number of benzene rings is 1. The predicted molar refractivity (Wildman–Crippen MR) is 70.2 cm³/mol. The Morgan fingerprint density at radius 1 is 1.22 bits per heavy atom. The molecule has 100 valence electrons. The number of unbranched alkanes of at least 4 members (excludes halogenated alkanes) is 4. The van der Waals surface area contributed by atoms with Crippen LogP contribution in [0.1, 0.15) is 54.9 Å². The number of ether oxygens (including phenoxy) is 1. The van der Waals surface area contributed by atoms with Gasteiger partial charge in [-0.2, -0.15) is 0 Å². The SMILES string of the molecule is CCCCCCCc1ccc(C(=O)OC)cc1F. The van der Waals surface area contributed by atoms with E-state index in [1.54, 1.807) is 12.1 Å². The molecule has 0 aliphatic rings. The number of aryl methyl sites for hydroxylation is 1. The van der Waals surface area contributed by atoms with Crippen molar-refractivity contribution in [3.63, 3.8) is 0 Å². The van der Waals surface area contributed by atoms with E-state index in [0.717, 1.165) is 19.3 Å². The van der Waals surface area contributed by atoms with Crippen LogP contribution < -0.4 is 0 Å². The summed E-state index contributed by atoms with van der Waals surface area (Å²) in [5, 5.41) is 0. The van der Waals surface area contributed by atoms with E-state index in [-0.39, 0.29) is 11.4 Å². The van der Waals surface area contributed by atoms with Gasteiger partial charge in [0, 0.05) is 0 Å². The van der Waals surface area contributed by atoms with E-state index < -0.39 is 5.97 Å². The third-order valence-corrected chi connectivity index (χ3v) is 3.02. The van der Waals surface area contributed by atoms with Crippen LogP contribution in [-0.4, -0.2) is 13.1 Å². The smallest absolute Gasteiger partial charge is 0.337 e. The molecule has 0 heterocycles. The van der Waals surface area contributed by atoms with Crippen molar-refractivity contribution in [1.29, 1.82) is 0 Å². The molecule has 0 saturated carbocycles. The molecule has 0 fully saturated rings. The van der Waals surface area contributed by atoms with Crippen LogP contribution in [0.15, 0.2) is 18.2 Å². The molecular formula is C15H21FO2. The summed E-state index contributed by atoms with van der Waals surface area (Å²) in [5.41, 5.74) is 0.948. The number of hydrogen-bond acceptors (Lipinski definition) is 2. The zero-order valence-corrected chi connectivity index (χ0v) is 11.2. The first kappa shape index (κ1) is 14.7. The van der Waals surface area contributed by atoms with Gasteiger partial charge in [0.2, 0.25) is 0 Å². The van der Waals surface area contributed by atoms with Gasteiger partial charge in [-0.3, -0.25) is 0 Å². The summed E-state index contributed by atoms with van der Waals surface area (Å²) < 4.78 is 18.3. The third kappa shape index (κ3) is 4.47. The lowest BCUT2D eigenvalue weighted by Crippen LogP contribution is -2.03. The molecular weight excluding hydrogens is 231 g/mol. The van der Waals surface area contributed by atoms with Crippen molar-refractivity contribution in [2.75, 3.05) is 7.11 Å². The highest BCUT2D eigenvalue weighted by Crippen LogP contribution is 2.15. The second-order valence-electron chi connectivity index (χ2n) is 4.46. The molecule has 0 N–H and O–H groups in total. The molecule has 0 saturated heterocycles. The quantitative estimate of drug-likeness (QED) is 0.539. The van der Waals surface area contributed by atoms with Gasteiger partial charge in [-0.1, -0.05) is 38.7 Å². The first-order valence-electron chi connectivity index (χ1n) is 6.55. The average Bonchev–Trinajstić information content (AvgIpc) is 2.39. The second kappa shape index (κ2) is 7.85. The normalized spacial score (nSPS) is 10.4. The summed E-state index contributed by atoms with van der Waals surface area (Å²) in [6.07, 6.45) is 6.52. The van der Waals surface area contributed by atoms with Crippen LogP contribution in [0, 0.1) is 5.82 Å². The lowest BCUT2D eigenvalue weighted by Gasteiger charge is -2.05. The van der Waals surface area contributed by atoms with Crippen LogP contribution in [-0.2, 0) is 11.2 Å². The molecule has 0 spiro atoms. The highest BCUT2D eigenvalue weighted by atomic mass is 19.1. The van der Waals surface area contributed by atoms with Crippen molar-refractivity contribution in [2.24, 2.45) is 0 Å². The van der Waals surface area contributed by atoms with Gasteiger partial charge in [0.05, 0.1) is 12.7 Å². The number of carbonyl (C=O) groups excluding carboxylic acids is 1. The molecule has 2 nitrogen and oxygen atoms in total. The minimum atomic E-state index is -0.497. The minimum absolute atomic E-state index is 0.268. The zero-order chi connectivity index (χ0) is 13.4. The van der Waals surface area contributed by atoms with E-state index in [1.165, 1.54) is 32.4 Å². The van der Waals surface area contributed by atoms with Crippen molar-refractivity contribution in [3.05, 3.63) is 35.1 Å². The van der Waals surface area contributed by atoms with Gasteiger partial charge in [-0.05, 0) is 30.5 Å². The molecule has 0 atom stereocenters. The molecule has 0 aliphatic heterocycles. The molecule has 1 rings (SSSR count). The largest absolute Gasteiger partial charge is 0.465 e. The average molecular weight is 252 g/mol. The van der Waals surface area contributed by atoms with E-state index in [4.69, 9.17) is 0 Å². The fraction of sp³-hybridized carbons (Fsp3) is 0.533. The summed E-state index contributed by atoms with van der Waals surface area (Å²) in [6, 6.07) is 4.56. The number of halogens is 1. The maximum Gasteiger partial charge on any atom is 0.337 e. The van der Waals surface area contributed by atoms with Gasteiger partial charge >= 0.3 is 5.97 Å². The maximum absolute atomic E-state index is 13.7. The summed E-state index contributed by atoms with van der Waals surface area (Å²) in [4.78, 5) is 11.2. The van der Waals surface area contributed by atoms with Gasteiger partial charge in [0.1, 0.15) is 5.82 Å². The first-order valence-corrected chi connectivity index (χ1v) is 6.55. The molecule has 1 aromatic rings. The molecule has 0 bridgehead atoms. The molecule has 0 unspecified atom stereocenters. The fourth-order valence-electron chi connectivity index (χ4n) is 1.91. The summed E-state index contributed by atoms with van der Waals surface area (Å²) in [6.45, 7) is 2.17. The van der Waals surface area contributed by atoms with Crippen LogP contribution >= 0.6 is 0 Å². The van der Waals surface area contributed by atoms with Crippen molar-refractivity contribution < 1.29 is 13.9 Å². The Bertz CT molecular complexity index is 388. The van der Waals surface area contributed by atoms with Crippen molar-refractivity contribution in [1.82, 2.24) is 0 Å². The van der Waals surface area contributed by atoms with Gasteiger partial charge in [0.15, 0.2) is 0 Å². The Morgan fingerprint density at radius 3 is 2.56 bits per heavy atom. The predicted octanol–water partition coefficient (Wildman–Crippen LogP) is 4.13. The zero-order valence-electron chi connectivity index (χ0n) is 11.2. The lowest BCUT2D eigenvalue weighted by atomic mass is 10.0. The van der Waals surface area contributed by atoms with E-state index >= 15 is 0 Å². The number of rotatable bonds is 7. The highest BCUT2D eigenvalue weighted by molar-refractivity contribution is 5.89. The second-order valence-corrected chi connectivity index (χ2v) is 4.46. The van der Waals surface area contributed by atoms with Crippen molar-refractivity contribution in [2.45, 2.75) is 45.4 Å². The molecule has 0 radical (unpaired) electrons. The number of carbonyl (C=O) groups is 1. The van der Waals surface area contributed by atoms with Gasteiger partial charge < -0.3 is 4.74 Å². The van der Waals surface area contributed by atoms with Crippen molar-refractivity contribution in [3.8, 4) is 0 Å². The molecule has 3 heteroatoms. The molecule has 1 aromatic carbocycles. The van der Waals surface area contributed by atoms with E-state index in [2.05, 4.69) is 11.7 Å². The lowest BCUT2D eigenvalue weighted by molar-refractivity contribution is 0.0600. The molecule has 0 aromatic heterocycles. The van der Waals surface area contributed by atoms with Crippen LogP contribution in [0.2, 0.25) is 0 Å². The Balaban J connectivity index is 2.49. The third-order valence-electron chi connectivity index (χ3n) is 3.02. The molecule has 18 heavy (non-hydrogen) atoms. The first-order chi connectivity index (χ1) is 8.69. The van der Waals surface area contributed by atoms with E-state index in [0.29, 0.717) is 5.56 Å². The van der Waals surface area contributed by atoms with E-state index in [9.17, 15) is 9.18 Å². The monoisotopic (exact) mass is 252 g/mol. The van der Waals surface area contributed by atoms with Crippen LogP contribution in [0.25, 0.3) is 0 Å². The van der Waals surface area contributed by atoms with Gasteiger partial charge in [-0.25, -0.2) is 9.18 Å². The number of esters is 1. The summed E-state index contributed by atoms with van der Waals surface area (Å²) in [7, 11) is 1.29.